The molecule has 1 N–H and O–H groups in total. The van der Waals surface area contributed by atoms with Crippen molar-refractivity contribution in [2.45, 2.75) is 42.5 Å². The van der Waals surface area contributed by atoms with Crippen molar-refractivity contribution in [1.82, 2.24) is 20.1 Å². The monoisotopic (exact) mass is 458 g/mol. The van der Waals surface area contributed by atoms with E-state index in [-0.39, 0.29) is 16.8 Å². The van der Waals surface area contributed by atoms with Crippen LogP contribution >= 0.6 is 11.8 Å². The molecule has 1 unspecified atom stereocenters. The zero-order valence-corrected chi connectivity index (χ0v) is 19.6. The number of pyridine rings is 1. The second-order valence-corrected chi connectivity index (χ2v) is 10.2. The Balaban J connectivity index is 1.84. The molecule has 3 aromatic rings. The Morgan fingerprint density at radius 2 is 1.90 bits per heavy atom. The molecule has 31 heavy (non-hydrogen) atoms. The lowest BCUT2D eigenvalue weighted by Gasteiger charge is -2.19. The highest BCUT2D eigenvalue weighted by atomic mass is 32.2. The van der Waals surface area contributed by atoms with E-state index in [4.69, 9.17) is 0 Å². The molecule has 2 heterocycles. The molecule has 1 amide bonds. The Bertz CT molecular complexity index is 1170. The summed E-state index contributed by atoms with van der Waals surface area (Å²) in [6, 6.07) is 8.34. The van der Waals surface area contributed by atoms with Crippen molar-refractivity contribution >= 4 is 27.5 Å². The van der Waals surface area contributed by atoms with Crippen molar-refractivity contribution in [2.75, 3.05) is 12.5 Å². The fourth-order valence-corrected chi connectivity index (χ4v) is 4.36. The molecular weight excluding hydrogens is 432 g/mol. The molecule has 9 heteroatoms. The van der Waals surface area contributed by atoms with E-state index in [1.165, 1.54) is 24.6 Å². The average molecular weight is 459 g/mol. The van der Waals surface area contributed by atoms with E-state index in [2.05, 4.69) is 28.4 Å². The topological polar surface area (TPSA) is 94.0 Å². The van der Waals surface area contributed by atoms with Gasteiger partial charge in [-0.05, 0) is 55.5 Å². The fraction of sp³-hybridized carbons (Fsp3) is 0.318. The van der Waals surface area contributed by atoms with Gasteiger partial charge >= 0.3 is 0 Å². The Morgan fingerprint density at radius 3 is 2.52 bits per heavy atom. The first-order valence-electron chi connectivity index (χ1n) is 9.89. The molecule has 7 nitrogen and oxygen atoms in total. The summed E-state index contributed by atoms with van der Waals surface area (Å²) >= 11 is 1.61. The normalized spacial score (nSPS) is 12.5. The van der Waals surface area contributed by atoms with Crippen molar-refractivity contribution in [3.63, 3.8) is 0 Å². The van der Waals surface area contributed by atoms with Crippen LogP contribution in [0.25, 0.3) is 5.69 Å². The standard InChI is InChI=1S/C22H26N4O3S2/c1-5-6-21(16-11-18(30-3)13-23-12-16)25-22(27)20-14-24-26(15(20)2)17-7-9-19(10-8-17)31(4,28)29/h7-14,21H,5-6H2,1-4H3,(H,25,27). The summed E-state index contributed by atoms with van der Waals surface area (Å²) in [6.07, 6.45) is 10.0. The van der Waals surface area contributed by atoms with Gasteiger partial charge in [0.1, 0.15) is 0 Å². The predicted octanol–water partition coefficient (Wildman–Crippen LogP) is 3.97. The first kappa shape index (κ1) is 23.0. The van der Waals surface area contributed by atoms with Crippen LogP contribution in [0.1, 0.15) is 47.4 Å². The summed E-state index contributed by atoms with van der Waals surface area (Å²) in [7, 11) is -3.27. The highest BCUT2D eigenvalue weighted by Crippen LogP contribution is 2.24. The Kier molecular flexibility index (Phi) is 7.17. The van der Waals surface area contributed by atoms with E-state index in [0.29, 0.717) is 16.9 Å². The van der Waals surface area contributed by atoms with Crippen LogP contribution in [0.2, 0.25) is 0 Å². The van der Waals surface area contributed by atoms with Crippen LogP contribution < -0.4 is 5.32 Å². The number of hydrogen-bond acceptors (Lipinski definition) is 6. The number of carbonyl (C=O) groups is 1. The molecular formula is C22H26N4O3S2. The zero-order valence-electron chi connectivity index (χ0n) is 18.0. The van der Waals surface area contributed by atoms with E-state index in [0.717, 1.165) is 23.3 Å². The van der Waals surface area contributed by atoms with E-state index in [1.807, 2.05) is 19.4 Å². The Hall–Kier alpha value is -2.65. The van der Waals surface area contributed by atoms with E-state index in [9.17, 15) is 13.2 Å². The lowest BCUT2D eigenvalue weighted by Crippen LogP contribution is -2.29. The summed E-state index contributed by atoms with van der Waals surface area (Å²) in [5, 5.41) is 7.46. The smallest absolute Gasteiger partial charge is 0.255 e. The summed E-state index contributed by atoms with van der Waals surface area (Å²) < 4.78 is 25.0. The SMILES string of the molecule is CCCC(NC(=O)c1cnn(-c2ccc(S(C)(=O)=O)cc2)c1C)c1cncc(SC)c1. The van der Waals surface area contributed by atoms with Gasteiger partial charge in [-0.1, -0.05) is 13.3 Å². The molecule has 0 aliphatic carbocycles. The van der Waals surface area contributed by atoms with Gasteiger partial charge in [0.15, 0.2) is 9.84 Å². The molecule has 0 aliphatic rings. The van der Waals surface area contributed by atoms with Gasteiger partial charge in [0, 0.05) is 23.5 Å². The Labute approximate surface area is 187 Å². The number of thioether (sulfide) groups is 1. The highest BCUT2D eigenvalue weighted by molar-refractivity contribution is 7.98. The van der Waals surface area contributed by atoms with Crippen LogP contribution in [0.5, 0.6) is 0 Å². The minimum atomic E-state index is -3.27. The minimum Gasteiger partial charge on any atom is -0.345 e. The van der Waals surface area contributed by atoms with Crippen molar-refractivity contribution in [3.8, 4) is 5.69 Å². The quantitative estimate of drug-likeness (QED) is 0.513. The summed E-state index contributed by atoms with van der Waals surface area (Å²) in [5.41, 5.74) is 2.81. The Morgan fingerprint density at radius 1 is 1.19 bits per heavy atom. The van der Waals surface area contributed by atoms with Gasteiger partial charge in [-0.15, -0.1) is 11.8 Å². The van der Waals surface area contributed by atoms with Crippen LogP contribution in [0, 0.1) is 6.92 Å². The van der Waals surface area contributed by atoms with Gasteiger partial charge in [0.05, 0.1) is 34.1 Å². The number of nitrogens with one attached hydrogen (secondary N) is 1. The highest BCUT2D eigenvalue weighted by Gasteiger charge is 2.20. The van der Waals surface area contributed by atoms with Gasteiger partial charge in [-0.2, -0.15) is 5.10 Å². The van der Waals surface area contributed by atoms with Crippen molar-refractivity contribution in [1.29, 1.82) is 0 Å². The molecule has 3 rings (SSSR count). The van der Waals surface area contributed by atoms with Crippen molar-refractivity contribution in [3.05, 3.63) is 65.7 Å². The number of carbonyl (C=O) groups excluding carboxylic acids is 1. The number of aromatic nitrogens is 3. The third-order valence-corrected chi connectivity index (χ3v) is 6.84. The minimum absolute atomic E-state index is 0.145. The molecule has 0 bridgehead atoms. The van der Waals surface area contributed by atoms with Crippen molar-refractivity contribution in [2.24, 2.45) is 0 Å². The second kappa shape index (κ2) is 9.65. The third kappa shape index (κ3) is 5.34. The summed E-state index contributed by atoms with van der Waals surface area (Å²) in [4.78, 5) is 18.6. The molecule has 0 spiro atoms. The van der Waals surface area contributed by atoms with Crippen LogP contribution in [0.15, 0.2) is 58.7 Å². The lowest BCUT2D eigenvalue weighted by molar-refractivity contribution is 0.0933. The number of nitrogens with zero attached hydrogens (tertiary/aromatic N) is 3. The molecule has 0 fully saturated rings. The molecule has 0 radical (unpaired) electrons. The second-order valence-electron chi connectivity index (χ2n) is 7.29. The molecule has 1 aromatic carbocycles. The number of hydrogen-bond donors (Lipinski definition) is 1. The molecule has 2 aromatic heterocycles. The number of sulfone groups is 1. The van der Waals surface area contributed by atoms with E-state index >= 15 is 0 Å². The molecule has 1 atom stereocenters. The summed E-state index contributed by atoms with van der Waals surface area (Å²) in [6.45, 7) is 3.89. The zero-order chi connectivity index (χ0) is 22.6. The molecule has 0 aliphatic heterocycles. The first-order chi connectivity index (χ1) is 14.7. The van der Waals surface area contributed by atoms with Crippen LogP contribution in [0.4, 0.5) is 0 Å². The third-order valence-electron chi connectivity index (χ3n) is 5.02. The maximum Gasteiger partial charge on any atom is 0.255 e. The van der Waals surface area contributed by atoms with Gasteiger partial charge < -0.3 is 5.32 Å². The maximum absolute atomic E-state index is 13.0. The van der Waals surface area contributed by atoms with Gasteiger partial charge in [0.25, 0.3) is 5.91 Å². The first-order valence-corrected chi connectivity index (χ1v) is 13.0. The van der Waals surface area contributed by atoms with Crippen LogP contribution in [-0.4, -0.2) is 41.6 Å². The summed E-state index contributed by atoms with van der Waals surface area (Å²) in [5.74, 6) is -0.204. The van der Waals surface area contributed by atoms with Gasteiger partial charge in [-0.3, -0.25) is 9.78 Å². The van der Waals surface area contributed by atoms with Crippen LogP contribution in [-0.2, 0) is 9.84 Å². The average Bonchev–Trinajstić information content (AvgIpc) is 3.14. The van der Waals surface area contributed by atoms with Gasteiger partial charge in [0.2, 0.25) is 0 Å². The number of rotatable bonds is 8. The van der Waals surface area contributed by atoms with Crippen molar-refractivity contribution < 1.29 is 13.2 Å². The molecule has 0 saturated carbocycles. The molecule has 164 valence electrons. The van der Waals surface area contributed by atoms with E-state index < -0.39 is 9.84 Å². The lowest BCUT2D eigenvalue weighted by atomic mass is 10.0. The fourth-order valence-electron chi connectivity index (χ4n) is 3.31. The predicted molar refractivity (Wildman–Crippen MR) is 123 cm³/mol. The maximum atomic E-state index is 13.0. The van der Waals surface area contributed by atoms with Gasteiger partial charge in [-0.25, -0.2) is 13.1 Å². The number of amides is 1. The van der Waals surface area contributed by atoms with E-state index in [1.54, 1.807) is 34.8 Å². The number of benzene rings is 1. The van der Waals surface area contributed by atoms with Crippen LogP contribution in [0.3, 0.4) is 0 Å². The molecule has 0 saturated heterocycles. The largest absolute Gasteiger partial charge is 0.345 e.